The molecular weight excluding hydrogens is 531 g/mol. The van der Waals surface area contributed by atoms with Gasteiger partial charge < -0.3 is 9.45 Å². The third-order valence-electron chi connectivity index (χ3n) is 5.64. The van der Waals surface area contributed by atoms with Crippen LogP contribution in [0.3, 0.4) is 0 Å². The van der Waals surface area contributed by atoms with Crippen molar-refractivity contribution in [2.24, 2.45) is 0 Å². The summed E-state index contributed by atoms with van der Waals surface area (Å²) in [5.74, 6) is -0.343. The van der Waals surface area contributed by atoms with Crippen LogP contribution in [0.15, 0.2) is 46.3 Å². The van der Waals surface area contributed by atoms with Crippen molar-refractivity contribution in [3.8, 4) is 0 Å². The molecule has 1 aromatic heterocycles. The van der Waals surface area contributed by atoms with E-state index in [0.29, 0.717) is 24.4 Å². The number of aromatic nitrogens is 1. The maximum atomic E-state index is 11.0. The lowest BCUT2D eigenvalue weighted by atomic mass is 10.2. The molecule has 0 saturated heterocycles. The second-order valence-electron chi connectivity index (χ2n) is 8.23. The van der Waals surface area contributed by atoms with Crippen molar-refractivity contribution in [1.82, 2.24) is 0 Å². The molecule has 0 atom stereocenters. The summed E-state index contributed by atoms with van der Waals surface area (Å²) in [6.45, 7) is 3.72. The fraction of sp³-hybridized carbons (Fsp3) is 0.375. The van der Waals surface area contributed by atoms with Crippen LogP contribution < -0.4 is 9.47 Å². The van der Waals surface area contributed by atoms with E-state index in [0.717, 1.165) is 57.0 Å². The second-order valence-corrected chi connectivity index (χ2v) is 12.7. The Morgan fingerprint density at radius 2 is 1.82 bits per heavy atom. The fourth-order valence-corrected chi connectivity index (χ4v) is 7.17. The van der Waals surface area contributed by atoms with E-state index in [4.69, 9.17) is 23.2 Å². The zero-order valence-electron chi connectivity index (χ0n) is 18.8. The van der Waals surface area contributed by atoms with Crippen LogP contribution >= 0.6 is 46.3 Å². The fourth-order valence-electron chi connectivity index (χ4n) is 4.00. The first-order valence-corrected chi connectivity index (χ1v) is 15.2. The van der Waals surface area contributed by atoms with Crippen LogP contribution in [0.1, 0.15) is 44.0 Å². The summed E-state index contributed by atoms with van der Waals surface area (Å²) in [4.78, 5) is 3.28. The first-order chi connectivity index (χ1) is 16.2. The number of benzene rings is 2. The van der Waals surface area contributed by atoms with Gasteiger partial charge in [-0.15, -0.1) is 0 Å². The van der Waals surface area contributed by atoms with Crippen molar-refractivity contribution in [1.29, 1.82) is 0 Å². The summed E-state index contributed by atoms with van der Waals surface area (Å²) in [7, 11) is -4.21. The van der Waals surface area contributed by atoms with Crippen LogP contribution in [-0.2, 0) is 16.7 Å². The van der Waals surface area contributed by atoms with Crippen molar-refractivity contribution in [2.75, 3.05) is 17.2 Å². The van der Waals surface area contributed by atoms with Gasteiger partial charge in [0.1, 0.15) is 4.70 Å². The van der Waals surface area contributed by atoms with Crippen molar-refractivity contribution in [3.05, 3.63) is 56.5 Å². The molecule has 5 nitrogen and oxygen atoms in total. The first-order valence-electron chi connectivity index (χ1n) is 11.3. The largest absolute Gasteiger partial charge is 0.748 e. The van der Waals surface area contributed by atoms with E-state index < -0.39 is 10.1 Å². The molecule has 0 bridgehead atoms. The Bertz CT molecular complexity index is 1320. The minimum absolute atomic E-state index is 0.328. The lowest BCUT2D eigenvalue weighted by Gasteiger charge is -2.20. The van der Waals surface area contributed by atoms with Crippen molar-refractivity contribution >= 4 is 78.4 Å². The van der Waals surface area contributed by atoms with E-state index in [-0.39, 0.29) is 5.75 Å². The summed E-state index contributed by atoms with van der Waals surface area (Å²) < 4.78 is 36.6. The molecule has 10 heteroatoms. The topological polar surface area (TPSA) is 64.3 Å². The zero-order valence-corrected chi connectivity index (χ0v) is 22.8. The van der Waals surface area contributed by atoms with Crippen molar-refractivity contribution in [3.63, 3.8) is 0 Å². The van der Waals surface area contributed by atoms with E-state index in [1.54, 1.807) is 23.1 Å². The van der Waals surface area contributed by atoms with Crippen molar-refractivity contribution in [2.45, 2.75) is 50.5 Å². The van der Waals surface area contributed by atoms with E-state index >= 15 is 0 Å². The number of hydrogen-bond acceptors (Lipinski definition) is 6. The second kappa shape index (κ2) is 11.2. The van der Waals surface area contributed by atoms with E-state index in [1.165, 1.54) is 4.70 Å². The minimum Gasteiger partial charge on any atom is -0.748 e. The number of halogens is 2. The number of thioether (sulfide) groups is 1. The Kier molecular flexibility index (Phi) is 8.48. The molecule has 2 heterocycles. The molecule has 0 amide bonds. The summed E-state index contributed by atoms with van der Waals surface area (Å²) >= 11 is 16.0. The molecule has 1 aliphatic rings. The zero-order chi connectivity index (χ0) is 24.3. The molecular formula is C24H26Cl2N2O3S3. The monoisotopic (exact) mass is 556 g/mol. The first kappa shape index (κ1) is 25.8. The van der Waals surface area contributed by atoms with Crippen LogP contribution in [-0.4, -0.2) is 25.3 Å². The normalized spacial score (nSPS) is 14.9. The molecule has 2 aromatic carbocycles. The predicted octanol–water partition coefficient (Wildman–Crippen LogP) is 6.92. The molecule has 1 aliphatic heterocycles. The lowest BCUT2D eigenvalue weighted by Crippen LogP contribution is -2.35. The molecule has 0 fully saturated rings. The number of thiazole rings is 1. The van der Waals surface area contributed by atoms with Gasteiger partial charge in [-0.05, 0) is 49.6 Å². The number of hydrogen-bond donors (Lipinski definition) is 0. The van der Waals surface area contributed by atoms with Crippen LogP contribution in [0, 0.1) is 0 Å². The highest BCUT2D eigenvalue weighted by atomic mass is 35.5. The highest BCUT2D eigenvalue weighted by Gasteiger charge is 2.28. The summed E-state index contributed by atoms with van der Waals surface area (Å²) in [6, 6.07) is 11.8. The average molecular weight is 558 g/mol. The third kappa shape index (κ3) is 6.28. The Balaban J connectivity index is 1.68. The van der Waals surface area contributed by atoms with E-state index in [9.17, 15) is 13.0 Å². The van der Waals surface area contributed by atoms with Gasteiger partial charge >= 0.3 is 0 Å². The van der Waals surface area contributed by atoms with Crippen LogP contribution in [0.5, 0.6) is 0 Å². The SMILES string of the molecule is CCCCC[n+]1c(C=C2Sc3ccc(Cl)cc3N2CCCCS(=O)(=O)[O-])sc2ccc(Cl)cc21. The van der Waals surface area contributed by atoms with Gasteiger partial charge in [-0.1, -0.05) is 59.6 Å². The number of aryl methyl sites for hydroxylation is 1. The molecule has 3 aromatic rings. The molecule has 0 unspecified atom stereocenters. The smallest absolute Gasteiger partial charge is 0.265 e. The van der Waals surface area contributed by atoms with Gasteiger partial charge in [-0.3, -0.25) is 0 Å². The van der Waals surface area contributed by atoms with E-state index in [1.807, 2.05) is 30.3 Å². The van der Waals surface area contributed by atoms with E-state index in [2.05, 4.69) is 28.5 Å². The number of unbranched alkanes of at least 4 members (excludes halogenated alkanes) is 3. The Morgan fingerprint density at radius 1 is 1.06 bits per heavy atom. The quantitative estimate of drug-likeness (QED) is 0.154. The Morgan fingerprint density at radius 3 is 2.59 bits per heavy atom. The molecule has 0 N–H and O–H groups in total. The minimum atomic E-state index is -4.21. The Hall–Kier alpha value is -1.29. The molecule has 34 heavy (non-hydrogen) atoms. The third-order valence-corrected chi connectivity index (χ3v) is 9.13. The molecule has 4 rings (SSSR count). The summed E-state index contributed by atoms with van der Waals surface area (Å²) in [5.41, 5.74) is 2.15. The van der Waals surface area contributed by atoms with Gasteiger partial charge in [0.2, 0.25) is 5.52 Å². The number of fused-ring (bicyclic) bond motifs is 2. The maximum absolute atomic E-state index is 11.0. The number of anilines is 1. The average Bonchev–Trinajstić information content (AvgIpc) is 3.28. The van der Waals surface area contributed by atoms with Gasteiger partial charge in [-0.2, -0.15) is 4.57 Å². The highest BCUT2D eigenvalue weighted by Crippen LogP contribution is 2.48. The summed E-state index contributed by atoms with van der Waals surface area (Å²) in [5, 5.41) is 3.57. The summed E-state index contributed by atoms with van der Waals surface area (Å²) in [6.07, 6.45) is 6.52. The molecule has 182 valence electrons. The van der Waals surface area contributed by atoms with Gasteiger partial charge in [0.15, 0.2) is 6.54 Å². The van der Waals surface area contributed by atoms with Crippen LogP contribution in [0.25, 0.3) is 16.3 Å². The molecule has 0 saturated carbocycles. The predicted molar refractivity (Wildman–Crippen MR) is 143 cm³/mol. The van der Waals surface area contributed by atoms with Gasteiger partial charge in [0.25, 0.3) is 5.01 Å². The maximum Gasteiger partial charge on any atom is 0.265 e. The standard InChI is InChI=1S/C24H26Cl2N2O3S3/c1-2-3-4-11-27-19-14-17(25)7-9-21(19)32-23(27)16-24-28(12-5-6-13-34(29,30)31)20-15-18(26)8-10-22(20)33-24/h7-10,14-16H,2-6,11-13H2,1H3. The Labute approximate surface area is 219 Å². The van der Waals surface area contributed by atoms with Gasteiger partial charge in [0.05, 0.1) is 26.9 Å². The number of nitrogens with zero attached hydrogens (tertiary/aromatic N) is 2. The van der Waals surface area contributed by atoms with Gasteiger partial charge in [0, 0.05) is 39.7 Å². The lowest BCUT2D eigenvalue weighted by molar-refractivity contribution is -0.669. The molecule has 0 spiro atoms. The number of rotatable bonds is 10. The molecule has 0 aliphatic carbocycles. The highest BCUT2D eigenvalue weighted by molar-refractivity contribution is 8.03. The van der Waals surface area contributed by atoms with Crippen LogP contribution in [0.2, 0.25) is 10.0 Å². The molecule has 0 radical (unpaired) electrons. The van der Waals surface area contributed by atoms with Crippen LogP contribution in [0.4, 0.5) is 5.69 Å². The van der Waals surface area contributed by atoms with Crippen molar-refractivity contribution < 1.29 is 17.5 Å². The van der Waals surface area contributed by atoms with Gasteiger partial charge in [-0.25, -0.2) is 8.42 Å².